The molecule has 0 aliphatic rings. The average molecular weight is 220 g/mol. The van der Waals surface area contributed by atoms with Crippen LogP contribution in [-0.4, -0.2) is 11.1 Å². The monoisotopic (exact) mass is 220 g/mol. The summed E-state index contributed by atoms with van der Waals surface area (Å²) < 4.78 is 2.67. The summed E-state index contributed by atoms with van der Waals surface area (Å²) in [4.78, 5) is 11.9. The van der Waals surface area contributed by atoms with Crippen molar-refractivity contribution in [3.63, 3.8) is 0 Å². The lowest BCUT2D eigenvalue weighted by atomic mass is 10.3. The molecule has 78 valence electrons. The number of fused-ring (bicyclic) bond motifs is 1. The van der Waals surface area contributed by atoms with Gasteiger partial charge in [-0.05, 0) is 23.1 Å². The molecule has 0 saturated carbocycles. The van der Waals surface area contributed by atoms with Crippen LogP contribution in [0.15, 0.2) is 40.7 Å². The fourth-order valence-electron chi connectivity index (χ4n) is 1.44. The number of hydrogen-bond donors (Lipinski definition) is 1. The van der Waals surface area contributed by atoms with Crippen molar-refractivity contribution < 1.29 is 0 Å². The Balaban J connectivity index is 2.48. The highest BCUT2D eigenvalue weighted by Gasteiger charge is 2.03. The summed E-state index contributed by atoms with van der Waals surface area (Å²) in [7, 11) is 0. The fourth-order valence-corrected chi connectivity index (χ4v) is 2.21. The van der Waals surface area contributed by atoms with Crippen LogP contribution in [0, 0.1) is 0 Å². The molecule has 0 amide bonds. The SMILES string of the molecule is C=C(CN)Cn1ccc2sccc2c1=O. The van der Waals surface area contributed by atoms with Crippen molar-refractivity contribution in [2.75, 3.05) is 6.54 Å². The molecule has 2 aromatic heterocycles. The average Bonchev–Trinajstić information content (AvgIpc) is 2.70. The topological polar surface area (TPSA) is 48.0 Å². The Labute approximate surface area is 91.5 Å². The van der Waals surface area contributed by atoms with E-state index in [1.807, 2.05) is 17.5 Å². The Hall–Kier alpha value is -1.39. The molecule has 0 spiro atoms. The van der Waals surface area contributed by atoms with Crippen LogP contribution in [0.3, 0.4) is 0 Å². The van der Waals surface area contributed by atoms with E-state index in [0.717, 1.165) is 15.7 Å². The van der Waals surface area contributed by atoms with Crippen LogP contribution in [0.2, 0.25) is 0 Å². The van der Waals surface area contributed by atoms with Gasteiger partial charge in [-0.15, -0.1) is 11.3 Å². The van der Waals surface area contributed by atoms with E-state index in [-0.39, 0.29) is 5.56 Å². The molecule has 0 bridgehead atoms. The van der Waals surface area contributed by atoms with Crippen LogP contribution in [0.1, 0.15) is 0 Å². The lowest BCUT2D eigenvalue weighted by Gasteiger charge is -2.06. The van der Waals surface area contributed by atoms with E-state index in [2.05, 4.69) is 6.58 Å². The van der Waals surface area contributed by atoms with Gasteiger partial charge in [-0.3, -0.25) is 4.79 Å². The first-order chi connectivity index (χ1) is 7.22. The zero-order valence-electron chi connectivity index (χ0n) is 8.27. The molecule has 0 atom stereocenters. The summed E-state index contributed by atoms with van der Waals surface area (Å²) in [6.07, 6.45) is 1.79. The van der Waals surface area contributed by atoms with Gasteiger partial charge in [0.2, 0.25) is 0 Å². The molecule has 0 aromatic carbocycles. The van der Waals surface area contributed by atoms with Gasteiger partial charge in [-0.2, -0.15) is 0 Å². The van der Waals surface area contributed by atoms with Crippen molar-refractivity contribution in [1.82, 2.24) is 4.57 Å². The predicted molar refractivity (Wildman–Crippen MR) is 64.3 cm³/mol. The van der Waals surface area contributed by atoms with Gasteiger partial charge in [0, 0.05) is 24.0 Å². The van der Waals surface area contributed by atoms with Crippen molar-refractivity contribution >= 4 is 21.4 Å². The first kappa shape index (κ1) is 10.1. The minimum Gasteiger partial charge on any atom is -0.327 e. The molecule has 2 N–H and O–H groups in total. The predicted octanol–water partition coefficient (Wildman–Crippen LogP) is 1.58. The Kier molecular flexibility index (Phi) is 2.70. The summed E-state index contributed by atoms with van der Waals surface area (Å²) >= 11 is 1.57. The second-order valence-corrected chi connectivity index (χ2v) is 4.35. The minimum atomic E-state index is 0.0309. The lowest BCUT2D eigenvalue weighted by molar-refractivity contribution is 0.744. The molecular formula is C11H12N2OS. The molecule has 0 unspecified atom stereocenters. The van der Waals surface area contributed by atoms with E-state index >= 15 is 0 Å². The van der Waals surface area contributed by atoms with E-state index in [1.165, 1.54) is 0 Å². The van der Waals surface area contributed by atoms with E-state index in [4.69, 9.17) is 5.73 Å². The molecule has 2 aromatic rings. The van der Waals surface area contributed by atoms with E-state index < -0.39 is 0 Å². The third-order valence-electron chi connectivity index (χ3n) is 2.27. The number of thiophene rings is 1. The quantitative estimate of drug-likeness (QED) is 0.798. The van der Waals surface area contributed by atoms with Crippen LogP contribution < -0.4 is 11.3 Å². The number of rotatable bonds is 3. The maximum absolute atomic E-state index is 11.9. The van der Waals surface area contributed by atoms with Gasteiger partial charge in [0.1, 0.15) is 0 Å². The Morgan fingerprint density at radius 3 is 3.07 bits per heavy atom. The maximum atomic E-state index is 11.9. The van der Waals surface area contributed by atoms with Gasteiger partial charge < -0.3 is 10.3 Å². The highest BCUT2D eigenvalue weighted by atomic mass is 32.1. The van der Waals surface area contributed by atoms with Gasteiger partial charge in [0.05, 0.1) is 5.39 Å². The van der Waals surface area contributed by atoms with Crippen LogP contribution >= 0.6 is 11.3 Å². The van der Waals surface area contributed by atoms with Gasteiger partial charge in [-0.25, -0.2) is 0 Å². The summed E-state index contributed by atoms with van der Waals surface area (Å²) in [6, 6.07) is 3.80. The van der Waals surface area contributed by atoms with Crippen LogP contribution in [-0.2, 0) is 6.54 Å². The highest BCUT2D eigenvalue weighted by Crippen LogP contribution is 2.16. The Morgan fingerprint density at radius 2 is 2.33 bits per heavy atom. The lowest BCUT2D eigenvalue weighted by Crippen LogP contribution is -2.21. The molecule has 0 saturated heterocycles. The molecule has 15 heavy (non-hydrogen) atoms. The molecule has 0 fully saturated rings. The molecular weight excluding hydrogens is 208 g/mol. The van der Waals surface area contributed by atoms with Crippen LogP contribution in [0.25, 0.3) is 10.1 Å². The fraction of sp³-hybridized carbons (Fsp3) is 0.182. The molecule has 0 aliphatic carbocycles. The van der Waals surface area contributed by atoms with Gasteiger partial charge in [0.25, 0.3) is 5.56 Å². The first-order valence-electron chi connectivity index (χ1n) is 4.65. The largest absolute Gasteiger partial charge is 0.327 e. The van der Waals surface area contributed by atoms with Crippen LogP contribution in [0.4, 0.5) is 0 Å². The van der Waals surface area contributed by atoms with Crippen molar-refractivity contribution in [3.8, 4) is 0 Å². The number of hydrogen-bond acceptors (Lipinski definition) is 3. The molecule has 0 aliphatic heterocycles. The zero-order valence-corrected chi connectivity index (χ0v) is 9.09. The summed E-state index contributed by atoms with van der Waals surface area (Å²) in [5, 5.41) is 2.70. The summed E-state index contributed by atoms with van der Waals surface area (Å²) in [5.74, 6) is 0. The first-order valence-corrected chi connectivity index (χ1v) is 5.53. The van der Waals surface area contributed by atoms with E-state index in [9.17, 15) is 4.79 Å². The molecule has 0 radical (unpaired) electrons. The highest BCUT2D eigenvalue weighted by molar-refractivity contribution is 7.17. The maximum Gasteiger partial charge on any atom is 0.259 e. The molecule has 4 heteroatoms. The van der Waals surface area contributed by atoms with Gasteiger partial charge in [0.15, 0.2) is 0 Å². The van der Waals surface area contributed by atoms with E-state index in [1.54, 1.807) is 22.1 Å². The normalized spacial score (nSPS) is 10.7. The minimum absolute atomic E-state index is 0.0309. The molecule has 3 nitrogen and oxygen atoms in total. The second kappa shape index (κ2) is 4.00. The van der Waals surface area contributed by atoms with Crippen molar-refractivity contribution in [2.45, 2.75) is 6.54 Å². The van der Waals surface area contributed by atoms with Crippen molar-refractivity contribution in [3.05, 3.63) is 46.2 Å². The van der Waals surface area contributed by atoms with Crippen molar-refractivity contribution in [1.29, 1.82) is 0 Å². The molecule has 2 heterocycles. The molecule has 2 rings (SSSR count). The van der Waals surface area contributed by atoms with Crippen LogP contribution in [0.5, 0.6) is 0 Å². The Morgan fingerprint density at radius 1 is 1.53 bits per heavy atom. The Bertz CT molecular complexity index is 553. The number of nitrogens with zero attached hydrogens (tertiary/aromatic N) is 1. The summed E-state index contributed by atoms with van der Waals surface area (Å²) in [5.41, 5.74) is 6.33. The number of aromatic nitrogens is 1. The van der Waals surface area contributed by atoms with E-state index in [0.29, 0.717) is 13.1 Å². The summed E-state index contributed by atoms with van der Waals surface area (Å²) in [6.45, 7) is 4.71. The van der Waals surface area contributed by atoms with Gasteiger partial charge in [-0.1, -0.05) is 6.58 Å². The smallest absolute Gasteiger partial charge is 0.259 e. The van der Waals surface area contributed by atoms with Gasteiger partial charge >= 0.3 is 0 Å². The third-order valence-corrected chi connectivity index (χ3v) is 3.16. The number of nitrogens with two attached hydrogens (primary N) is 1. The second-order valence-electron chi connectivity index (χ2n) is 3.40. The van der Waals surface area contributed by atoms with Crippen molar-refractivity contribution in [2.24, 2.45) is 5.73 Å². The standard InChI is InChI=1S/C11H12N2OS/c1-8(6-12)7-13-4-2-10-9(11(13)14)3-5-15-10/h2-5H,1,6-7,12H2. The number of pyridine rings is 1. The zero-order chi connectivity index (χ0) is 10.8. The third kappa shape index (κ3) is 1.86.